The molecule has 0 atom stereocenters. The summed E-state index contributed by atoms with van der Waals surface area (Å²) in [7, 11) is 0. The summed E-state index contributed by atoms with van der Waals surface area (Å²) >= 11 is 10.3. The molecule has 0 unspecified atom stereocenters. The molecule has 0 aromatic carbocycles. The number of halogens is 2. The van der Waals surface area contributed by atoms with Gasteiger partial charge in [-0.3, -0.25) is 4.99 Å². The topological polar surface area (TPSA) is 25.2 Å². The molecule has 2 nitrogen and oxygen atoms in total. The van der Waals surface area contributed by atoms with Gasteiger partial charge in [0.05, 0.1) is 6.54 Å². The third-order valence-corrected chi connectivity index (χ3v) is 4.59. The van der Waals surface area contributed by atoms with Gasteiger partial charge in [0, 0.05) is 11.6 Å². The Labute approximate surface area is 95.1 Å². The van der Waals surface area contributed by atoms with E-state index >= 15 is 0 Å². The summed E-state index contributed by atoms with van der Waals surface area (Å²) < 4.78 is -0.110. The predicted molar refractivity (Wildman–Crippen MR) is 61.7 cm³/mol. The molecule has 0 bridgehead atoms. The first-order valence-electron chi connectivity index (χ1n) is 3.18. The summed E-state index contributed by atoms with van der Waals surface area (Å²) in [4.78, 5) is 8.55. The van der Waals surface area contributed by atoms with Gasteiger partial charge in [0.1, 0.15) is 10.1 Å². The van der Waals surface area contributed by atoms with Gasteiger partial charge < -0.3 is 0 Å². The van der Waals surface area contributed by atoms with E-state index < -0.39 is 0 Å². The second kappa shape index (κ2) is 3.40. The third kappa shape index (κ3) is 1.92. The van der Waals surface area contributed by atoms with Crippen LogP contribution in [0.4, 0.5) is 0 Å². The molecule has 6 heteroatoms. The minimum absolute atomic E-state index is 0.110. The number of thiazole rings is 1. The van der Waals surface area contributed by atoms with Crippen molar-refractivity contribution in [2.45, 2.75) is 2.57 Å². The highest BCUT2D eigenvalue weighted by molar-refractivity contribution is 9.28. The van der Waals surface area contributed by atoms with Crippen molar-refractivity contribution < 1.29 is 0 Å². The van der Waals surface area contributed by atoms with Crippen LogP contribution in [0.5, 0.6) is 0 Å². The Bertz CT molecular complexity index is 307. The number of rotatable bonds is 1. The first-order valence-corrected chi connectivity index (χ1v) is 6.47. The number of hydrogen-bond acceptors (Lipinski definition) is 4. The minimum Gasteiger partial charge on any atom is -0.272 e. The van der Waals surface area contributed by atoms with Gasteiger partial charge in [0.25, 0.3) is 0 Å². The lowest BCUT2D eigenvalue weighted by Crippen LogP contribution is -2.04. The molecule has 1 aliphatic heterocycles. The minimum atomic E-state index is -0.110. The molecule has 1 aliphatic rings. The average molecular weight is 328 g/mol. The molecule has 0 saturated carbocycles. The molecule has 0 saturated heterocycles. The van der Waals surface area contributed by atoms with E-state index in [0.29, 0.717) is 0 Å². The van der Waals surface area contributed by atoms with Crippen molar-refractivity contribution in [3.8, 4) is 0 Å². The van der Waals surface area contributed by atoms with E-state index in [0.717, 1.165) is 16.6 Å². The van der Waals surface area contributed by atoms with Crippen LogP contribution < -0.4 is 0 Å². The van der Waals surface area contributed by atoms with Crippen LogP contribution in [0.15, 0.2) is 16.6 Å². The van der Waals surface area contributed by atoms with E-state index in [1.807, 2.05) is 5.38 Å². The number of nitrogens with zero attached hydrogens (tertiary/aromatic N) is 2. The Kier molecular flexibility index (Phi) is 2.60. The second-order valence-corrected chi connectivity index (χ2v) is 9.20. The molecule has 0 amide bonds. The van der Waals surface area contributed by atoms with E-state index in [2.05, 4.69) is 41.8 Å². The van der Waals surface area contributed by atoms with Gasteiger partial charge in [-0.15, -0.1) is 11.3 Å². The normalized spacial score (nSPS) is 21.0. The lowest BCUT2D eigenvalue weighted by molar-refractivity contribution is 1.11. The first kappa shape index (κ1) is 9.18. The van der Waals surface area contributed by atoms with E-state index in [-0.39, 0.29) is 2.57 Å². The Balaban J connectivity index is 2.20. The molecule has 0 fully saturated rings. The van der Waals surface area contributed by atoms with Crippen molar-refractivity contribution in [1.82, 2.24) is 4.98 Å². The molecule has 1 aromatic heterocycles. The van der Waals surface area contributed by atoms with Crippen LogP contribution in [0.25, 0.3) is 0 Å². The molecular formula is C6H4Br2N2S2. The molecule has 12 heavy (non-hydrogen) atoms. The zero-order valence-electron chi connectivity index (χ0n) is 5.83. The van der Waals surface area contributed by atoms with Gasteiger partial charge in [0.15, 0.2) is 2.57 Å². The lowest BCUT2D eigenvalue weighted by Gasteiger charge is -2.07. The van der Waals surface area contributed by atoms with Crippen molar-refractivity contribution in [2.24, 2.45) is 4.99 Å². The molecule has 1 aromatic rings. The summed E-state index contributed by atoms with van der Waals surface area (Å²) in [5, 5.41) is 3.97. The van der Waals surface area contributed by atoms with Crippen molar-refractivity contribution >= 4 is 60.0 Å². The number of aromatic nitrogens is 1. The van der Waals surface area contributed by atoms with Crippen molar-refractivity contribution in [3.05, 3.63) is 16.6 Å². The van der Waals surface area contributed by atoms with E-state index in [9.17, 15) is 0 Å². The summed E-state index contributed by atoms with van der Waals surface area (Å²) in [5.74, 6) is 0. The fraction of sp³-hybridized carbons (Fsp3) is 0.333. The van der Waals surface area contributed by atoms with Gasteiger partial charge in [-0.05, 0) is 0 Å². The van der Waals surface area contributed by atoms with Crippen LogP contribution in [-0.2, 0) is 0 Å². The number of aliphatic imine (C=N–C) groups is 1. The van der Waals surface area contributed by atoms with Gasteiger partial charge in [-0.2, -0.15) is 0 Å². The van der Waals surface area contributed by atoms with E-state index in [4.69, 9.17) is 0 Å². The lowest BCUT2D eigenvalue weighted by atomic mass is 10.7. The largest absolute Gasteiger partial charge is 0.272 e. The Morgan fingerprint density at radius 1 is 1.50 bits per heavy atom. The third-order valence-electron chi connectivity index (χ3n) is 1.27. The maximum Gasteiger partial charge on any atom is 0.151 e. The first-order chi connectivity index (χ1) is 5.67. The Morgan fingerprint density at radius 2 is 2.33 bits per heavy atom. The monoisotopic (exact) mass is 326 g/mol. The Morgan fingerprint density at radius 3 is 2.83 bits per heavy atom. The summed E-state index contributed by atoms with van der Waals surface area (Å²) in [6, 6.07) is 0. The van der Waals surface area contributed by atoms with E-state index in [1.54, 1.807) is 29.3 Å². The van der Waals surface area contributed by atoms with Crippen LogP contribution >= 0.6 is 55.0 Å². The molecule has 64 valence electrons. The maximum atomic E-state index is 4.36. The van der Waals surface area contributed by atoms with Crippen molar-refractivity contribution in [2.75, 3.05) is 6.54 Å². The van der Waals surface area contributed by atoms with E-state index in [1.165, 1.54) is 0 Å². The molecule has 0 N–H and O–H groups in total. The molecule has 0 spiro atoms. The predicted octanol–water partition coefficient (Wildman–Crippen LogP) is 3.08. The van der Waals surface area contributed by atoms with Crippen LogP contribution in [0, 0.1) is 0 Å². The van der Waals surface area contributed by atoms with Gasteiger partial charge >= 0.3 is 0 Å². The van der Waals surface area contributed by atoms with Gasteiger partial charge in [0.2, 0.25) is 0 Å². The highest BCUT2D eigenvalue weighted by Gasteiger charge is 2.32. The van der Waals surface area contributed by atoms with Crippen molar-refractivity contribution in [3.63, 3.8) is 0 Å². The molecule has 2 rings (SSSR count). The smallest absolute Gasteiger partial charge is 0.151 e. The zero-order chi connectivity index (χ0) is 8.60. The van der Waals surface area contributed by atoms with Crippen LogP contribution in [0.2, 0.25) is 0 Å². The molecule has 2 heterocycles. The quantitative estimate of drug-likeness (QED) is 0.741. The van der Waals surface area contributed by atoms with Crippen LogP contribution in [-0.4, -0.2) is 19.1 Å². The van der Waals surface area contributed by atoms with Gasteiger partial charge in [-0.1, -0.05) is 43.6 Å². The standard InChI is InChI=1S/C6H4Br2N2S2/c7-6(8)3-10-5(12-6)4-9-1-2-11-4/h1-2H,3H2. The number of hydrogen-bond donors (Lipinski definition) is 0. The zero-order valence-corrected chi connectivity index (χ0v) is 10.6. The fourth-order valence-corrected chi connectivity index (χ4v) is 3.47. The number of alkyl halides is 2. The highest BCUT2D eigenvalue weighted by Crippen LogP contribution is 2.45. The SMILES string of the molecule is BrC1(Br)CN=C(c2nccs2)S1. The Hall–Kier alpha value is 0.610. The fourth-order valence-electron chi connectivity index (χ4n) is 0.810. The van der Waals surface area contributed by atoms with Crippen molar-refractivity contribution in [1.29, 1.82) is 0 Å². The number of thioether (sulfide) groups is 1. The molecular weight excluding hydrogens is 324 g/mol. The summed E-state index contributed by atoms with van der Waals surface area (Å²) in [6.07, 6.45) is 1.80. The van der Waals surface area contributed by atoms with Crippen LogP contribution in [0.1, 0.15) is 5.01 Å². The second-order valence-electron chi connectivity index (χ2n) is 2.20. The molecule has 0 aliphatic carbocycles. The molecule has 0 radical (unpaired) electrons. The average Bonchev–Trinajstić information content (AvgIpc) is 2.55. The maximum absolute atomic E-state index is 4.36. The van der Waals surface area contributed by atoms with Gasteiger partial charge in [-0.25, -0.2) is 4.98 Å². The summed E-state index contributed by atoms with van der Waals surface area (Å²) in [5.41, 5.74) is 0. The van der Waals surface area contributed by atoms with Crippen LogP contribution in [0.3, 0.4) is 0 Å². The highest BCUT2D eigenvalue weighted by atomic mass is 79.9. The summed E-state index contributed by atoms with van der Waals surface area (Å²) in [6.45, 7) is 0.743.